The molecule has 1 atom stereocenters. The summed E-state index contributed by atoms with van der Waals surface area (Å²) in [7, 11) is -4.04. The van der Waals surface area contributed by atoms with Gasteiger partial charge in [0.25, 0.3) is 0 Å². The summed E-state index contributed by atoms with van der Waals surface area (Å²) < 4.78 is 51.1. The van der Waals surface area contributed by atoms with Crippen molar-refractivity contribution in [2.45, 2.75) is 16.9 Å². The number of benzene rings is 2. The normalized spacial score (nSPS) is 19.6. The van der Waals surface area contributed by atoms with Gasteiger partial charge in [-0.25, -0.2) is 17.6 Å². The maximum Gasteiger partial charge on any atom is 0.348 e. The van der Waals surface area contributed by atoms with Crippen molar-refractivity contribution in [1.82, 2.24) is 4.72 Å². The van der Waals surface area contributed by atoms with Crippen molar-refractivity contribution in [3.63, 3.8) is 0 Å². The van der Waals surface area contributed by atoms with Gasteiger partial charge in [-0.3, -0.25) is 0 Å². The zero-order chi connectivity index (χ0) is 19.5. The smallest absolute Gasteiger partial charge is 0.348 e. The summed E-state index contributed by atoms with van der Waals surface area (Å²) in [6, 6.07) is 10.9. The fraction of sp³-hybridized carbons (Fsp3) is 0.235. The van der Waals surface area contributed by atoms with Crippen LogP contribution in [-0.2, 0) is 24.4 Å². The monoisotopic (exact) mass is 396 g/mol. The molecule has 0 bridgehead atoms. The summed E-state index contributed by atoms with van der Waals surface area (Å²) in [5, 5.41) is 0. The van der Waals surface area contributed by atoms with Crippen LogP contribution in [0.5, 0.6) is 11.5 Å². The Labute approximate surface area is 155 Å². The fourth-order valence-corrected chi connectivity index (χ4v) is 3.97. The number of rotatable bonds is 6. The van der Waals surface area contributed by atoms with Gasteiger partial charge in [-0.2, -0.15) is 10.6 Å². The van der Waals surface area contributed by atoms with Crippen molar-refractivity contribution in [1.29, 1.82) is 0 Å². The zero-order valence-corrected chi connectivity index (χ0v) is 14.9. The van der Waals surface area contributed by atoms with Gasteiger partial charge in [-0.15, -0.1) is 0 Å². The Morgan fingerprint density at radius 2 is 1.70 bits per heavy atom. The molecule has 144 valence electrons. The third-order valence-corrected chi connectivity index (χ3v) is 5.58. The highest BCUT2D eigenvalue weighted by molar-refractivity contribution is 7.89. The van der Waals surface area contributed by atoms with Gasteiger partial charge in [-0.1, -0.05) is 0 Å². The number of sulfonamides is 1. The van der Waals surface area contributed by atoms with Crippen molar-refractivity contribution in [2.24, 2.45) is 5.90 Å². The van der Waals surface area contributed by atoms with Gasteiger partial charge in [0.1, 0.15) is 17.3 Å². The molecule has 0 aliphatic carbocycles. The third kappa shape index (κ3) is 4.25. The average Bonchev–Trinajstić information content (AvgIpc) is 3.12. The van der Waals surface area contributed by atoms with Gasteiger partial charge >= 0.3 is 5.97 Å². The molecule has 1 fully saturated rings. The Morgan fingerprint density at radius 3 is 2.22 bits per heavy atom. The van der Waals surface area contributed by atoms with Crippen LogP contribution in [0, 0.1) is 5.82 Å². The number of hydrogen-bond donors (Lipinski definition) is 2. The second-order valence-corrected chi connectivity index (χ2v) is 7.61. The molecule has 1 heterocycles. The van der Waals surface area contributed by atoms with Crippen LogP contribution < -0.4 is 15.4 Å². The number of nitrogens with two attached hydrogens (primary N) is 1. The van der Waals surface area contributed by atoms with E-state index in [1.54, 1.807) is 0 Å². The first kappa shape index (κ1) is 19.2. The molecule has 3 N–H and O–H groups in total. The number of nitrogens with one attached hydrogen (secondary N) is 1. The molecular formula is C17H17FN2O6S. The van der Waals surface area contributed by atoms with E-state index in [-0.39, 0.29) is 24.5 Å². The number of halogens is 1. The molecule has 0 amide bonds. The highest BCUT2D eigenvalue weighted by Crippen LogP contribution is 2.26. The molecule has 3 rings (SSSR count). The van der Waals surface area contributed by atoms with Crippen LogP contribution in [-0.4, -0.2) is 33.1 Å². The molecule has 0 spiro atoms. The third-order valence-electron chi connectivity index (χ3n) is 4.03. The molecule has 27 heavy (non-hydrogen) atoms. The number of carbonyl (C=O) groups excluding carboxylic acids is 1. The molecule has 2 aromatic carbocycles. The topological polar surface area (TPSA) is 117 Å². The molecule has 8 nitrogen and oxygen atoms in total. The Morgan fingerprint density at radius 1 is 1.11 bits per heavy atom. The first-order chi connectivity index (χ1) is 12.8. The Bertz CT molecular complexity index is 909. The van der Waals surface area contributed by atoms with Gasteiger partial charge in [0.15, 0.2) is 5.54 Å². The van der Waals surface area contributed by atoms with Crippen molar-refractivity contribution in [2.75, 3.05) is 13.2 Å². The van der Waals surface area contributed by atoms with Crippen molar-refractivity contribution in [3.05, 3.63) is 54.3 Å². The molecule has 0 aromatic heterocycles. The van der Waals surface area contributed by atoms with Crippen molar-refractivity contribution < 1.29 is 31.9 Å². The van der Waals surface area contributed by atoms with Crippen LogP contribution in [0.15, 0.2) is 53.4 Å². The molecule has 1 saturated heterocycles. The van der Waals surface area contributed by atoms with E-state index in [2.05, 4.69) is 9.56 Å². The Hall–Kier alpha value is -2.53. The highest BCUT2D eigenvalue weighted by atomic mass is 32.2. The summed E-state index contributed by atoms with van der Waals surface area (Å²) in [5.74, 6) is 4.37. The molecular weight excluding hydrogens is 379 g/mol. The molecule has 0 radical (unpaired) electrons. The van der Waals surface area contributed by atoms with E-state index in [1.807, 2.05) is 0 Å². The lowest BCUT2D eigenvalue weighted by Crippen LogP contribution is -2.56. The summed E-state index contributed by atoms with van der Waals surface area (Å²) in [5.41, 5.74) is -1.56. The largest absolute Gasteiger partial charge is 0.457 e. The summed E-state index contributed by atoms with van der Waals surface area (Å²) >= 11 is 0. The van der Waals surface area contributed by atoms with E-state index in [9.17, 15) is 17.6 Å². The van der Waals surface area contributed by atoms with E-state index in [0.29, 0.717) is 11.5 Å². The maximum absolute atomic E-state index is 12.9. The molecule has 2 aromatic rings. The van der Waals surface area contributed by atoms with E-state index in [4.69, 9.17) is 15.4 Å². The predicted molar refractivity (Wildman–Crippen MR) is 91.7 cm³/mol. The van der Waals surface area contributed by atoms with Crippen LogP contribution >= 0.6 is 0 Å². The van der Waals surface area contributed by atoms with Gasteiger partial charge in [0.2, 0.25) is 10.0 Å². The minimum Gasteiger partial charge on any atom is -0.457 e. The first-order valence-electron chi connectivity index (χ1n) is 7.91. The second-order valence-electron chi connectivity index (χ2n) is 5.92. The Kier molecular flexibility index (Phi) is 5.42. The number of carbonyl (C=O) groups is 1. The van der Waals surface area contributed by atoms with Gasteiger partial charge in [0, 0.05) is 13.0 Å². The van der Waals surface area contributed by atoms with E-state index < -0.39 is 27.3 Å². The Balaban J connectivity index is 1.77. The number of hydrogen-bond acceptors (Lipinski definition) is 7. The lowest BCUT2D eigenvalue weighted by Gasteiger charge is -2.24. The van der Waals surface area contributed by atoms with Gasteiger partial charge in [-0.05, 0) is 48.5 Å². The highest BCUT2D eigenvalue weighted by Gasteiger charge is 2.47. The van der Waals surface area contributed by atoms with Crippen LogP contribution in [0.1, 0.15) is 6.42 Å². The van der Waals surface area contributed by atoms with Gasteiger partial charge < -0.3 is 14.3 Å². The van der Waals surface area contributed by atoms with Crippen molar-refractivity contribution >= 4 is 16.0 Å². The quantitative estimate of drug-likeness (QED) is 0.710. The van der Waals surface area contributed by atoms with Crippen LogP contribution in [0.2, 0.25) is 0 Å². The number of ether oxygens (including phenoxy) is 2. The van der Waals surface area contributed by atoms with Crippen molar-refractivity contribution in [3.8, 4) is 11.5 Å². The first-order valence-corrected chi connectivity index (χ1v) is 9.39. The van der Waals surface area contributed by atoms with Crippen LogP contribution in [0.4, 0.5) is 4.39 Å². The minimum absolute atomic E-state index is 0.0787. The minimum atomic E-state index is -4.04. The lowest BCUT2D eigenvalue weighted by atomic mass is 10.0. The summed E-state index contributed by atoms with van der Waals surface area (Å²) in [6.07, 6.45) is 0.105. The summed E-state index contributed by atoms with van der Waals surface area (Å²) in [4.78, 5) is 16.1. The van der Waals surface area contributed by atoms with E-state index in [1.165, 1.54) is 48.5 Å². The fourth-order valence-electron chi connectivity index (χ4n) is 2.60. The van der Waals surface area contributed by atoms with Gasteiger partial charge in [0.05, 0.1) is 11.5 Å². The second kappa shape index (κ2) is 7.61. The zero-order valence-electron chi connectivity index (χ0n) is 14.1. The molecule has 0 saturated carbocycles. The summed E-state index contributed by atoms with van der Waals surface area (Å²) in [6.45, 7) is 0.0239. The standard InChI is InChI=1S/C17H17FN2O6S/c18-12-1-3-13(4-2-12)25-14-5-7-15(8-6-14)27(22,23)20-17(16(21)26-19)9-10-24-11-17/h1-8,20H,9-11,19H2/t17-/m1/s1. The maximum atomic E-state index is 12.9. The molecule has 0 unspecified atom stereocenters. The van der Waals surface area contributed by atoms with Crippen LogP contribution in [0.25, 0.3) is 0 Å². The van der Waals surface area contributed by atoms with Crippen LogP contribution in [0.3, 0.4) is 0 Å². The predicted octanol–water partition coefficient (Wildman–Crippen LogP) is 1.47. The lowest BCUT2D eigenvalue weighted by molar-refractivity contribution is -0.151. The molecule has 1 aliphatic heterocycles. The molecule has 1 aliphatic rings. The average molecular weight is 396 g/mol. The molecule has 10 heteroatoms. The SMILES string of the molecule is NOC(=O)[C@@]1(NS(=O)(=O)c2ccc(Oc3ccc(F)cc3)cc2)CCOC1. The van der Waals surface area contributed by atoms with E-state index in [0.717, 1.165) is 0 Å². The van der Waals surface area contributed by atoms with E-state index >= 15 is 0 Å².